The second-order valence-corrected chi connectivity index (χ2v) is 5.19. The molecule has 1 heterocycles. The largest absolute Gasteiger partial charge is 0.478 e. The molecule has 0 saturated carbocycles. The maximum Gasteiger partial charge on any atom is 0.335 e. The number of hydrogen-bond donors (Lipinski definition) is 2. The Bertz CT molecular complexity index is 515. The van der Waals surface area contributed by atoms with Crippen LogP contribution < -0.4 is 4.72 Å². The van der Waals surface area contributed by atoms with E-state index in [4.69, 9.17) is 9.84 Å². The first-order valence-corrected chi connectivity index (χ1v) is 6.87. The van der Waals surface area contributed by atoms with Crippen molar-refractivity contribution in [3.05, 3.63) is 23.9 Å². The SMILES string of the molecule is CCOCCS(=O)(=O)Nc1cc(C(=O)O)ccn1. The fourth-order valence-corrected chi connectivity index (χ4v) is 2.01. The van der Waals surface area contributed by atoms with E-state index in [1.165, 1.54) is 12.3 Å². The molecule has 0 aromatic carbocycles. The van der Waals surface area contributed by atoms with Crippen molar-refractivity contribution in [2.75, 3.05) is 23.7 Å². The van der Waals surface area contributed by atoms with Crippen molar-refractivity contribution < 1.29 is 23.1 Å². The molecule has 0 amide bonds. The van der Waals surface area contributed by atoms with Crippen LogP contribution in [0.5, 0.6) is 0 Å². The van der Waals surface area contributed by atoms with E-state index in [-0.39, 0.29) is 23.7 Å². The molecule has 0 saturated heterocycles. The monoisotopic (exact) mass is 274 g/mol. The van der Waals surface area contributed by atoms with E-state index in [2.05, 4.69) is 9.71 Å². The van der Waals surface area contributed by atoms with Gasteiger partial charge in [-0.3, -0.25) is 4.72 Å². The number of rotatable bonds is 7. The molecular formula is C10H14N2O5S. The molecule has 0 bridgehead atoms. The number of hydrogen-bond acceptors (Lipinski definition) is 5. The van der Waals surface area contributed by atoms with Gasteiger partial charge in [0.2, 0.25) is 10.0 Å². The molecule has 0 fully saturated rings. The third kappa shape index (κ3) is 4.68. The Hall–Kier alpha value is -1.67. The zero-order valence-electron chi connectivity index (χ0n) is 9.79. The maximum atomic E-state index is 11.6. The predicted molar refractivity (Wildman–Crippen MR) is 65.1 cm³/mol. The Morgan fingerprint density at radius 2 is 2.28 bits per heavy atom. The Morgan fingerprint density at radius 1 is 1.56 bits per heavy atom. The number of carbonyl (C=O) groups is 1. The van der Waals surface area contributed by atoms with E-state index >= 15 is 0 Å². The first kappa shape index (κ1) is 14.4. The van der Waals surface area contributed by atoms with Crippen LogP contribution in [0.2, 0.25) is 0 Å². The average Bonchev–Trinajstić information content (AvgIpc) is 2.28. The van der Waals surface area contributed by atoms with Gasteiger partial charge in [-0.25, -0.2) is 18.2 Å². The van der Waals surface area contributed by atoms with Crippen molar-refractivity contribution in [1.29, 1.82) is 0 Å². The molecule has 1 aromatic heterocycles. The summed E-state index contributed by atoms with van der Waals surface area (Å²) in [7, 11) is -3.58. The van der Waals surface area contributed by atoms with Gasteiger partial charge in [0.1, 0.15) is 5.82 Å². The maximum absolute atomic E-state index is 11.6. The molecule has 0 unspecified atom stereocenters. The van der Waals surface area contributed by atoms with Crippen LogP contribution in [0, 0.1) is 0 Å². The van der Waals surface area contributed by atoms with Gasteiger partial charge in [-0.05, 0) is 19.1 Å². The zero-order chi connectivity index (χ0) is 13.6. The van der Waals surface area contributed by atoms with Crippen LogP contribution in [-0.2, 0) is 14.8 Å². The van der Waals surface area contributed by atoms with Gasteiger partial charge in [-0.2, -0.15) is 0 Å². The van der Waals surface area contributed by atoms with Gasteiger partial charge in [0.15, 0.2) is 0 Å². The molecule has 0 aliphatic rings. The van der Waals surface area contributed by atoms with Crippen LogP contribution in [0.3, 0.4) is 0 Å². The van der Waals surface area contributed by atoms with Crippen LogP contribution in [0.25, 0.3) is 0 Å². The number of sulfonamides is 1. The topological polar surface area (TPSA) is 106 Å². The summed E-state index contributed by atoms with van der Waals surface area (Å²) in [4.78, 5) is 14.4. The number of aromatic carboxylic acids is 1. The Morgan fingerprint density at radius 3 is 2.89 bits per heavy atom. The second kappa shape index (κ2) is 6.31. The number of nitrogens with zero attached hydrogens (tertiary/aromatic N) is 1. The summed E-state index contributed by atoms with van der Waals surface area (Å²) in [5.74, 6) is -1.38. The lowest BCUT2D eigenvalue weighted by molar-refractivity contribution is 0.0696. The van der Waals surface area contributed by atoms with Gasteiger partial charge in [-0.15, -0.1) is 0 Å². The minimum absolute atomic E-state index is 0.0219. The number of nitrogens with one attached hydrogen (secondary N) is 1. The van der Waals surface area contributed by atoms with Crippen LogP contribution in [0.4, 0.5) is 5.82 Å². The van der Waals surface area contributed by atoms with Gasteiger partial charge in [0, 0.05) is 12.8 Å². The molecule has 7 nitrogen and oxygen atoms in total. The average molecular weight is 274 g/mol. The van der Waals surface area contributed by atoms with Gasteiger partial charge in [-0.1, -0.05) is 0 Å². The number of ether oxygens (including phenoxy) is 1. The third-order valence-electron chi connectivity index (χ3n) is 1.97. The van der Waals surface area contributed by atoms with E-state index in [9.17, 15) is 13.2 Å². The summed E-state index contributed by atoms with van der Waals surface area (Å²) in [6, 6.07) is 2.43. The number of anilines is 1. The zero-order valence-corrected chi connectivity index (χ0v) is 10.6. The fourth-order valence-electron chi connectivity index (χ4n) is 1.14. The second-order valence-electron chi connectivity index (χ2n) is 3.35. The lowest BCUT2D eigenvalue weighted by Gasteiger charge is -2.07. The highest BCUT2D eigenvalue weighted by molar-refractivity contribution is 7.92. The van der Waals surface area contributed by atoms with E-state index in [0.29, 0.717) is 6.61 Å². The molecule has 0 atom stereocenters. The summed E-state index contributed by atoms with van der Waals surface area (Å²) < 4.78 is 30.3. The highest BCUT2D eigenvalue weighted by Crippen LogP contribution is 2.08. The van der Waals surface area contributed by atoms with Crippen molar-refractivity contribution in [2.45, 2.75) is 6.92 Å². The molecule has 2 N–H and O–H groups in total. The normalized spacial score (nSPS) is 11.2. The van der Waals surface area contributed by atoms with E-state index in [1.807, 2.05) is 0 Å². The Balaban J connectivity index is 2.72. The smallest absolute Gasteiger partial charge is 0.335 e. The van der Waals surface area contributed by atoms with Crippen molar-refractivity contribution in [3.8, 4) is 0 Å². The van der Waals surface area contributed by atoms with Crippen LogP contribution in [0.1, 0.15) is 17.3 Å². The van der Waals surface area contributed by atoms with Crippen molar-refractivity contribution in [1.82, 2.24) is 4.98 Å². The molecular weight excluding hydrogens is 260 g/mol. The molecule has 8 heteroatoms. The standard InChI is InChI=1S/C10H14N2O5S/c1-2-17-5-6-18(15,16)12-9-7-8(10(13)14)3-4-11-9/h3-4,7H,2,5-6H2,1H3,(H,11,12)(H,13,14). The number of aromatic nitrogens is 1. The number of pyridine rings is 1. The van der Waals surface area contributed by atoms with Crippen LogP contribution in [0.15, 0.2) is 18.3 Å². The number of carboxylic acid groups (broad SMARTS) is 1. The van der Waals surface area contributed by atoms with E-state index < -0.39 is 16.0 Å². The molecule has 0 aliphatic carbocycles. The molecule has 100 valence electrons. The summed E-state index contributed by atoms with van der Waals surface area (Å²) in [5.41, 5.74) is -0.0347. The molecule has 18 heavy (non-hydrogen) atoms. The van der Waals surface area contributed by atoms with Gasteiger partial charge < -0.3 is 9.84 Å². The van der Waals surface area contributed by atoms with Gasteiger partial charge >= 0.3 is 5.97 Å². The molecule has 1 rings (SSSR count). The predicted octanol–water partition coefficient (Wildman–Crippen LogP) is 0.558. The van der Waals surface area contributed by atoms with Crippen LogP contribution in [-0.4, -0.2) is 43.4 Å². The lowest BCUT2D eigenvalue weighted by atomic mass is 10.3. The Labute approximate surface area is 105 Å². The third-order valence-corrected chi connectivity index (χ3v) is 3.19. The summed E-state index contributed by atoms with van der Waals surface area (Å²) in [6.07, 6.45) is 1.23. The van der Waals surface area contributed by atoms with Crippen molar-refractivity contribution >= 4 is 21.8 Å². The minimum Gasteiger partial charge on any atom is -0.478 e. The summed E-state index contributed by atoms with van der Waals surface area (Å²) in [5, 5.41) is 8.76. The van der Waals surface area contributed by atoms with Crippen LogP contribution >= 0.6 is 0 Å². The fraction of sp³-hybridized carbons (Fsp3) is 0.400. The van der Waals surface area contributed by atoms with E-state index in [0.717, 1.165) is 6.07 Å². The van der Waals surface area contributed by atoms with Crippen molar-refractivity contribution in [2.24, 2.45) is 0 Å². The number of carboxylic acids is 1. The molecule has 0 aliphatic heterocycles. The molecule has 0 radical (unpaired) electrons. The van der Waals surface area contributed by atoms with Gasteiger partial charge in [0.05, 0.1) is 17.9 Å². The first-order valence-electron chi connectivity index (χ1n) is 5.22. The molecule has 1 aromatic rings. The highest BCUT2D eigenvalue weighted by atomic mass is 32.2. The summed E-state index contributed by atoms with van der Waals surface area (Å²) in [6.45, 7) is 2.27. The lowest BCUT2D eigenvalue weighted by Crippen LogP contribution is -2.21. The highest BCUT2D eigenvalue weighted by Gasteiger charge is 2.12. The first-order chi connectivity index (χ1) is 8.44. The quantitative estimate of drug-likeness (QED) is 0.704. The van der Waals surface area contributed by atoms with Gasteiger partial charge in [0.25, 0.3) is 0 Å². The Kier molecular flexibility index (Phi) is 5.05. The minimum atomic E-state index is -3.58. The van der Waals surface area contributed by atoms with Crippen molar-refractivity contribution in [3.63, 3.8) is 0 Å². The molecule has 0 spiro atoms. The van der Waals surface area contributed by atoms with E-state index in [1.54, 1.807) is 6.92 Å². The summed E-state index contributed by atoms with van der Waals surface area (Å²) >= 11 is 0.